The molecule has 1 aromatic carbocycles. The summed E-state index contributed by atoms with van der Waals surface area (Å²) < 4.78 is 10.4. The lowest BCUT2D eigenvalue weighted by molar-refractivity contribution is -0.143. The zero-order chi connectivity index (χ0) is 13.8. The number of carbonyl (C=O) groups excluding carboxylic acids is 1. The first-order chi connectivity index (χ1) is 8.38. The molecule has 0 saturated heterocycles. The summed E-state index contributed by atoms with van der Waals surface area (Å²) in [7, 11) is 1.65. The predicted octanol–water partition coefficient (Wildman–Crippen LogP) is 1.99. The highest BCUT2D eigenvalue weighted by atomic mass is 16.5. The van der Waals surface area contributed by atoms with Crippen LogP contribution >= 0.6 is 0 Å². The van der Waals surface area contributed by atoms with Crippen LogP contribution in [0.4, 0.5) is 0 Å². The monoisotopic (exact) mass is 251 g/mol. The highest BCUT2D eigenvalue weighted by molar-refractivity contribution is 5.71. The molecule has 4 heteroatoms. The summed E-state index contributed by atoms with van der Waals surface area (Å²) in [6.45, 7) is 6.48. The SMILES string of the molecule is COc1ccc(COC(=O)CN)cc1C(C)(C)C. The molecule has 1 rings (SSSR count). The van der Waals surface area contributed by atoms with E-state index in [1.165, 1.54) is 0 Å². The van der Waals surface area contributed by atoms with Crippen LogP contribution in [0, 0.1) is 0 Å². The number of hydrogen-bond donors (Lipinski definition) is 1. The molecule has 1 aromatic rings. The molecular formula is C14H21NO3. The van der Waals surface area contributed by atoms with Gasteiger partial charge in [0.05, 0.1) is 13.7 Å². The van der Waals surface area contributed by atoms with Crippen LogP contribution in [0.25, 0.3) is 0 Å². The molecule has 0 spiro atoms. The second kappa shape index (κ2) is 5.87. The van der Waals surface area contributed by atoms with Gasteiger partial charge in [-0.3, -0.25) is 4.79 Å². The molecule has 2 N–H and O–H groups in total. The number of carbonyl (C=O) groups is 1. The molecule has 0 amide bonds. The topological polar surface area (TPSA) is 61.5 Å². The first-order valence-electron chi connectivity index (χ1n) is 5.91. The third-order valence-electron chi connectivity index (χ3n) is 2.64. The van der Waals surface area contributed by atoms with Crippen LogP contribution in [0.15, 0.2) is 18.2 Å². The number of rotatable bonds is 4. The normalized spacial score (nSPS) is 11.2. The van der Waals surface area contributed by atoms with Gasteiger partial charge in [0.25, 0.3) is 0 Å². The highest BCUT2D eigenvalue weighted by Crippen LogP contribution is 2.32. The fraction of sp³-hybridized carbons (Fsp3) is 0.500. The van der Waals surface area contributed by atoms with Crippen molar-refractivity contribution in [3.63, 3.8) is 0 Å². The van der Waals surface area contributed by atoms with Gasteiger partial charge in [-0.1, -0.05) is 26.8 Å². The van der Waals surface area contributed by atoms with Crippen LogP contribution in [-0.2, 0) is 21.6 Å². The van der Waals surface area contributed by atoms with E-state index < -0.39 is 5.97 Å². The molecule has 4 nitrogen and oxygen atoms in total. The van der Waals surface area contributed by atoms with Crippen LogP contribution in [-0.4, -0.2) is 19.6 Å². The molecule has 100 valence electrons. The molecule has 0 aliphatic rings. The van der Waals surface area contributed by atoms with Crippen molar-refractivity contribution < 1.29 is 14.3 Å². The first kappa shape index (κ1) is 14.5. The number of benzene rings is 1. The summed E-state index contributed by atoms with van der Waals surface area (Å²) in [5.41, 5.74) is 7.18. The molecular weight excluding hydrogens is 230 g/mol. The maximum atomic E-state index is 11.0. The van der Waals surface area contributed by atoms with Gasteiger partial charge in [-0.15, -0.1) is 0 Å². The van der Waals surface area contributed by atoms with Crippen molar-refractivity contribution in [3.05, 3.63) is 29.3 Å². The number of hydrogen-bond acceptors (Lipinski definition) is 4. The minimum atomic E-state index is -0.400. The summed E-state index contributed by atoms with van der Waals surface area (Å²) >= 11 is 0. The van der Waals surface area contributed by atoms with Gasteiger partial charge in [0.2, 0.25) is 0 Å². The molecule has 0 radical (unpaired) electrons. The standard InChI is InChI=1S/C14H21NO3/c1-14(2,3)11-7-10(5-6-12(11)17-4)9-18-13(16)8-15/h5-7H,8-9,15H2,1-4H3. The number of esters is 1. The zero-order valence-electron chi connectivity index (χ0n) is 11.4. The van der Waals surface area contributed by atoms with Crippen molar-refractivity contribution in [1.82, 2.24) is 0 Å². The molecule has 0 aromatic heterocycles. The van der Waals surface area contributed by atoms with E-state index in [2.05, 4.69) is 20.8 Å². The molecule has 0 unspecified atom stereocenters. The lowest BCUT2D eigenvalue weighted by Gasteiger charge is -2.22. The Labute approximate surface area is 108 Å². The number of nitrogens with two attached hydrogens (primary N) is 1. The van der Waals surface area contributed by atoms with Gasteiger partial charge in [0.15, 0.2) is 0 Å². The Kier molecular flexibility index (Phi) is 4.73. The summed E-state index contributed by atoms with van der Waals surface area (Å²) in [6.07, 6.45) is 0. The van der Waals surface area contributed by atoms with Crippen LogP contribution in [0.2, 0.25) is 0 Å². The summed E-state index contributed by atoms with van der Waals surface area (Å²) in [5.74, 6) is 0.444. The Morgan fingerprint density at radius 1 is 1.33 bits per heavy atom. The average Bonchev–Trinajstić information content (AvgIpc) is 2.34. The van der Waals surface area contributed by atoms with E-state index >= 15 is 0 Å². The van der Waals surface area contributed by atoms with Gasteiger partial charge in [0.1, 0.15) is 12.4 Å². The van der Waals surface area contributed by atoms with Crippen molar-refractivity contribution in [3.8, 4) is 5.75 Å². The molecule has 0 atom stereocenters. The van der Waals surface area contributed by atoms with Crippen molar-refractivity contribution in [2.24, 2.45) is 5.73 Å². The van der Waals surface area contributed by atoms with Gasteiger partial charge in [-0.25, -0.2) is 0 Å². The van der Waals surface area contributed by atoms with Crippen LogP contribution in [0.3, 0.4) is 0 Å². The van der Waals surface area contributed by atoms with Crippen LogP contribution in [0.5, 0.6) is 5.75 Å². The molecule has 18 heavy (non-hydrogen) atoms. The van der Waals surface area contributed by atoms with E-state index in [1.54, 1.807) is 7.11 Å². The largest absolute Gasteiger partial charge is 0.496 e. The Balaban J connectivity index is 2.93. The first-order valence-corrected chi connectivity index (χ1v) is 5.91. The Morgan fingerprint density at radius 2 is 2.00 bits per heavy atom. The number of methoxy groups -OCH3 is 1. The van der Waals surface area contributed by atoms with Crippen molar-refractivity contribution in [2.45, 2.75) is 32.8 Å². The fourth-order valence-corrected chi connectivity index (χ4v) is 1.65. The van der Waals surface area contributed by atoms with Gasteiger partial charge in [-0.2, -0.15) is 0 Å². The zero-order valence-corrected chi connectivity index (χ0v) is 11.4. The van der Waals surface area contributed by atoms with Gasteiger partial charge in [0, 0.05) is 0 Å². The molecule has 0 aliphatic carbocycles. The van der Waals surface area contributed by atoms with Crippen molar-refractivity contribution in [1.29, 1.82) is 0 Å². The fourth-order valence-electron chi connectivity index (χ4n) is 1.65. The highest BCUT2D eigenvalue weighted by Gasteiger charge is 2.19. The van der Waals surface area contributed by atoms with Crippen LogP contribution < -0.4 is 10.5 Å². The second-order valence-corrected chi connectivity index (χ2v) is 5.15. The molecule has 0 saturated carbocycles. The van der Waals surface area contributed by atoms with Gasteiger partial charge in [-0.05, 0) is 28.7 Å². The Hall–Kier alpha value is -1.55. The quantitative estimate of drug-likeness (QED) is 0.831. The van der Waals surface area contributed by atoms with E-state index in [0.29, 0.717) is 0 Å². The maximum Gasteiger partial charge on any atom is 0.320 e. The average molecular weight is 251 g/mol. The smallest absolute Gasteiger partial charge is 0.320 e. The molecule has 0 bridgehead atoms. The summed E-state index contributed by atoms with van der Waals surface area (Å²) in [6, 6.07) is 5.78. The third-order valence-corrected chi connectivity index (χ3v) is 2.64. The maximum absolute atomic E-state index is 11.0. The van der Waals surface area contributed by atoms with Gasteiger partial charge < -0.3 is 15.2 Å². The van der Waals surface area contributed by atoms with E-state index in [0.717, 1.165) is 16.9 Å². The minimum absolute atomic E-state index is 0.0285. The lowest BCUT2D eigenvalue weighted by Crippen LogP contribution is -2.17. The minimum Gasteiger partial charge on any atom is -0.496 e. The molecule has 0 fully saturated rings. The Bertz CT molecular complexity index is 422. The Morgan fingerprint density at radius 3 is 2.50 bits per heavy atom. The summed E-state index contributed by atoms with van der Waals surface area (Å²) in [4.78, 5) is 11.0. The molecule has 0 heterocycles. The van der Waals surface area contributed by atoms with E-state index in [-0.39, 0.29) is 18.6 Å². The van der Waals surface area contributed by atoms with Crippen molar-refractivity contribution >= 4 is 5.97 Å². The molecule has 0 aliphatic heterocycles. The van der Waals surface area contributed by atoms with E-state index in [9.17, 15) is 4.79 Å². The predicted molar refractivity (Wildman–Crippen MR) is 70.5 cm³/mol. The lowest BCUT2D eigenvalue weighted by atomic mass is 9.85. The van der Waals surface area contributed by atoms with E-state index in [1.807, 2.05) is 18.2 Å². The van der Waals surface area contributed by atoms with Gasteiger partial charge >= 0.3 is 5.97 Å². The summed E-state index contributed by atoms with van der Waals surface area (Å²) in [5, 5.41) is 0. The van der Waals surface area contributed by atoms with Crippen LogP contribution in [0.1, 0.15) is 31.9 Å². The third kappa shape index (κ3) is 3.74. The van der Waals surface area contributed by atoms with Crippen molar-refractivity contribution in [2.75, 3.05) is 13.7 Å². The number of ether oxygens (including phenoxy) is 2. The second-order valence-electron chi connectivity index (χ2n) is 5.15. The van der Waals surface area contributed by atoms with E-state index in [4.69, 9.17) is 15.2 Å².